The Kier molecular flexibility index (Phi) is 11.1. The molecule has 0 fully saturated rings. The second-order valence-corrected chi connectivity index (χ2v) is 10.6. The third-order valence-electron chi connectivity index (χ3n) is 7.30. The maximum absolute atomic E-state index is 12.5. The van der Waals surface area contributed by atoms with Gasteiger partial charge in [0.25, 0.3) is 0 Å². The molecule has 0 spiro atoms. The third-order valence-corrected chi connectivity index (χ3v) is 7.30. The molecule has 1 amide bonds. The topological polar surface area (TPSA) is 122 Å². The smallest absolute Gasteiger partial charge is 0.326 e. The summed E-state index contributed by atoms with van der Waals surface area (Å²) in [5.41, 5.74) is 4.12. The van der Waals surface area contributed by atoms with Crippen molar-refractivity contribution in [2.45, 2.75) is 57.9 Å². The summed E-state index contributed by atoms with van der Waals surface area (Å²) >= 11 is 0. The number of anilines is 1. The van der Waals surface area contributed by atoms with Crippen LogP contribution in [0.1, 0.15) is 48.2 Å². The van der Waals surface area contributed by atoms with Crippen molar-refractivity contribution in [1.29, 1.82) is 0 Å². The van der Waals surface area contributed by atoms with Gasteiger partial charge < -0.3 is 20.5 Å². The molecule has 1 atom stereocenters. The van der Waals surface area contributed by atoms with Crippen molar-refractivity contribution >= 4 is 17.7 Å². The fourth-order valence-electron chi connectivity index (χ4n) is 5.08. The van der Waals surface area contributed by atoms with Gasteiger partial charge in [-0.25, -0.2) is 14.5 Å². The maximum Gasteiger partial charge on any atom is 0.326 e. The minimum absolute atomic E-state index is 0.151. The van der Waals surface area contributed by atoms with Crippen LogP contribution in [-0.4, -0.2) is 75.5 Å². The minimum atomic E-state index is -1.03. The van der Waals surface area contributed by atoms with Crippen LogP contribution < -0.4 is 15.4 Å². The average Bonchev–Trinajstić information content (AvgIpc) is 3.29. The summed E-state index contributed by atoms with van der Waals surface area (Å²) in [4.78, 5) is 31.5. The van der Waals surface area contributed by atoms with E-state index in [0.29, 0.717) is 32.0 Å². The summed E-state index contributed by atoms with van der Waals surface area (Å²) in [6, 6.07) is 14.6. The van der Waals surface area contributed by atoms with Gasteiger partial charge in [0.1, 0.15) is 18.5 Å². The highest BCUT2D eigenvalue weighted by molar-refractivity contribution is 5.84. The molecule has 3 N–H and O–H groups in total. The molecular weight excluding hydrogens is 520 g/mol. The number of aromatic nitrogens is 3. The average molecular weight is 563 g/mol. The van der Waals surface area contributed by atoms with Crippen molar-refractivity contribution in [3.8, 4) is 5.88 Å². The van der Waals surface area contributed by atoms with Crippen LogP contribution in [0.5, 0.6) is 5.88 Å². The predicted octanol–water partition coefficient (Wildman–Crippen LogP) is 3.39. The summed E-state index contributed by atoms with van der Waals surface area (Å²) in [7, 11) is 1.85. The maximum atomic E-state index is 12.5. The molecule has 0 bridgehead atoms. The van der Waals surface area contributed by atoms with Crippen molar-refractivity contribution in [2.24, 2.45) is 7.05 Å². The van der Waals surface area contributed by atoms with Gasteiger partial charge in [-0.05, 0) is 69.2 Å². The van der Waals surface area contributed by atoms with Crippen molar-refractivity contribution < 1.29 is 19.4 Å². The number of nitrogens with zero attached hydrogens (tertiary/aromatic N) is 4. The lowest BCUT2D eigenvalue weighted by molar-refractivity contribution is -0.142. The summed E-state index contributed by atoms with van der Waals surface area (Å²) in [6.07, 6.45) is 5.48. The molecule has 1 aliphatic heterocycles. The van der Waals surface area contributed by atoms with Crippen molar-refractivity contribution in [3.63, 3.8) is 0 Å². The van der Waals surface area contributed by atoms with E-state index < -0.39 is 12.0 Å². The first-order chi connectivity index (χ1) is 19.9. The number of hydrogen-bond donors (Lipinski definition) is 3. The van der Waals surface area contributed by atoms with Crippen LogP contribution in [0.25, 0.3) is 0 Å². The van der Waals surface area contributed by atoms with Crippen LogP contribution in [0.4, 0.5) is 5.82 Å². The monoisotopic (exact) mass is 562 g/mol. The first-order valence-corrected chi connectivity index (χ1v) is 14.5. The van der Waals surface area contributed by atoms with Crippen LogP contribution in [0, 0.1) is 6.92 Å². The fourth-order valence-corrected chi connectivity index (χ4v) is 5.08. The number of ether oxygens (including phenoxy) is 1. The first-order valence-electron chi connectivity index (χ1n) is 14.5. The van der Waals surface area contributed by atoms with Gasteiger partial charge >= 0.3 is 5.97 Å². The van der Waals surface area contributed by atoms with E-state index in [2.05, 4.69) is 32.8 Å². The molecule has 0 saturated carbocycles. The number of carboxylic acids is 1. The number of aryl methyl sites for hydroxylation is 4. The number of rotatable bonds is 16. The van der Waals surface area contributed by atoms with E-state index in [-0.39, 0.29) is 12.3 Å². The number of hydrogen-bond acceptors (Lipinski definition) is 7. The van der Waals surface area contributed by atoms with E-state index in [1.165, 1.54) is 5.56 Å². The highest BCUT2D eigenvalue weighted by Crippen LogP contribution is 2.20. The van der Waals surface area contributed by atoms with Crippen molar-refractivity contribution in [3.05, 3.63) is 71.0 Å². The number of nitrogens with one attached hydrogen (secondary N) is 2. The quantitative estimate of drug-likeness (QED) is 0.227. The lowest BCUT2D eigenvalue weighted by Crippen LogP contribution is -2.44. The number of benzene rings is 1. The molecule has 2 aromatic heterocycles. The first kappa shape index (κ1) is 30.0. The molecule has 0 unspecified atom stereocenters. The second kappa shape index (κ2) is 15.2. The standard InChI is InChI=1S/C31H42N6O4/c1-23-21-29(36(2)35-23)41-20-19-37(17-7-6-12-26-14-13-25-11-8-16-32-30(25)33-26)18-15-27(31(39)40)34-28(38)22-24-9-4-3-5-10-24/h3-5,9-10,13-14,21,27H,6-8,11-12,15-20,22H2,1-2H3,(H,32,33)(H,34,38)(H,39,40)/t27-/m0/s1. The summed E-state index contributed by atoms with van der Waals surface area (Å²) in [5.74, 6) is 0.398. The van der Waals surface area contributed by atoms with E-state index in [9.17, 15) is 14.7 Å². The molecule has 3 aromatic rings. The van der Waals surface area contributed by atoms with Gasteiger partial charge in [-0.1, -0.05) is 36.4 Å². The molecular formula is C31H42N6O4. The fraction of sp³-hybridized carbons (Fsp3) is 0.484. The number of carboxylic acid groups (broad SMARTS) is 1. The number of carbonyl (C=O) groups excluding carboxylic acids is 1. The number of amides is 1. The lowest BCUT2D eigenvalue weighted by Gasteiger charge is -2.24. The number of fused-ring (bicyclic) bond motifs is 1. The van der Waals surface area contributed by atoms with Crippen molar-refractivity contribution in [2.75, 3.05) is 38.1 Å². The largest absolute Gasteiger partial charge is 0.480 e. The van der Waals surface area contributed by atoms with Gasteiger partial charge in [0.15, 0.2) is 0 Å². The molecule has 10 nitrogen and oxygen atoms in total. The van der Waals surface area contributed by atoms with E-state index in [1.807, 2.05) is 50.4 Å². The Morgan fingerprint density at radius 3 is 2.73 bits per heavy atom. The Morgan fingerprint density at radius 2 is 1.98 bits per heavy atom. The van der Waals surface area contributed by atoms with E-state index in [0.717, 1.165) is 68.0 Å². The third kappa shape index (κ3) is 9.60. The Labute approximate surface area is 242 Å². The lowest BCUT2D eigenvalue weighted by atomic mass is 10.1. The molecule has 3 heterocycles. The molecule has 10 heteroatoms. The van der Waals surface area contributed by atoms with Gasteiger partial charge in [-0.3, -0.25) is 9.69 Å². The highest BCUT2D eigenvalue weighted by Gasteiger charge is 2.21. The van der Waals surface area contributed by atoms with Gasteiger partial charge in [-0.15, -0.1) is 0 Å². The number of aliphatic carboxylic acids is 1. The Bertz CT molecular complexity index is 1280. The molecule has 1 aromatic carbocycles. The van der Waals surface area contributed by atoms with Crippen LogP contribution >= 0.6 is 0 Å². The zero-order chi connectivity index (χ0) is 29.0. The number of carbonyl (C=O) groups is 2. The van der Waals surface area contributed by atoms with E-state index in [4.69, 9.17) is 9.72 Å². The normalized spacial score (nSPS) is 13.3. The van der Waals surface area contributed by atoms with Crippen LogP contribution in [-0.2, 0) is 35.9 Å². The van der Waals surface area contributed by atoms with Gasteiger partial charge in [0.2, 0.25) is 11.8 Å². The van der Waals surface area contributed by atoms with Crippen LogP contribution in [0.3, 0.4) is 0 Å². The Hall–Kier alpha value is -3.92. The molecule has 220 valence electrons. The number of pyridine rings is 1. The van der Waals surface area contributed by atoms with Crippen molar-refractivity contribution in [1.82, 2.24) is 25.0 Å². The summed E-state index contributed by atoms with van der Waals surface area (Å²) in [6.45, 7) is 5.30. The summed E-state index contributed by atoms with van der Waals surface area (Å²) < 4.78 is 7.67. The molecule has 4 rings (SSSR count). The molecule has 41 heavy (non-hydrogen) atoms. The Balaban J connectivity index is 1.29. The summed E-state index contributed by atoms with van der Waals surface area (Å²) in [5, 5.41) is 20.2. The highest BCUT2D eigenvalue weighted by atomic mass is 16.5. The van der Waals surface area contributed by atoms with Gasteiger partial charge in [0, 0.05) is 38.4 Å². The van der Waals surface area contributed by atoms with Gasteiger partial charge in [-0.2, -0.15) is 5.10 Å². The number of unbranched alkanes of at least 4 members (excludes halogenated alkanes) is 1. The molecule has 1 aliphatic rings. The molecule has 0 aliphatic carbocycles. The van der Waals surface area contributed by atoms with E-state index in [1.54, 1.807) is 4.68 Å². The predicted molar refractivity (Wildman–Crippen MR) is 158 cm³/mol. The molecule has 0 radical (unpaired) electrons. The van der Waals surface area contributed by atoms with Gasteiger partial charge in [0.05, 0.1) is 12.1 Å². The molecule has 0 saturated heterocycles. The zero-order valence-electron chi connectivity index (χ0n) is 24.1. The zero-order valence-corrected chi connectivity index (χ0v) is 24.1. The second-order valence-electron chi connectivity index (χ2n) is 10.6. The SMILES string of the molecule is Cc1cc(OCCN(CCCCc2ccc3c(n2)NCCC3)CC[C@H](NC(=O)Cc2ccccc2)C(=O)O)n(C)n1. The van der Waals surface area contributed by atoms with Crippen LogP contribution in [0.2, 0.25) is 0 Å². The minimum Gasteiger partial charge on any atom is -0.480 e. The Morgan fingerprint density at radius 1 is 1.15 bits per heavy atom. The van der Waals surface area contributed by atoms with E-state index >= 15 is 0 Å². The van der Waals surface area contributed by atoms with Crippen LogP contribution in [0.15, 0.2) is 48.5 Å².